The summed E-state index contributed by atoms with van der Waals surface area (Å²) in [6.45, 7) is 4.21. The molecule has 3 nitrogen and oxygen atoms in total. The van der Waals surface area contributed by atoms with E-state index in [0.29, 0.717) is 17.1 Å². The highest BCUT2D eigenvalue weighted by atomic mass is 35.5. The zero-order valence-electron chi connectivity index (χ0n) is 8.82. The Labute approximate surface area is 99.2 Å². The van der Waals surface area contributed by atoms with E-state index in [-0.39, 0.29) is 0 Å². The molecule has 1 saturated heterocycles. The molecule has 0 bridgehead atoms. The Balaban J connectivity index is 2.06. The first-order valence-electron chi connectivity index (χ1n) is 5.32. The van der Waals surface area contributed by atoms with Crippen LogP contribution in [0, 0.1) is 5.92 Å². The molecular weight excluding hydrogens is 230 g/mol. The number of nitrogens with zero attached hydrogens (tertiary/aromatic N) is 2. The van der Waals surface area contributed by atoms with Gasteiger partial charge in [0.05, 0.1) is 0 Å². The van der Waals surface area contributed by atoms with Gasteiger partial charge in [-0.2, -0.15) is 0 Å². The highest BCUT2D eigenvalue weighted by Crippen LogP contribution is 2.28. The Kier molecular flexibility index (Phi) is 3.49. The summed E-state index contributed by atoms with van der Waals surface area (Å²) in [7, 11) is 0. The minimum atomic E-state index is 0.349. The normalized spacial score (nSPS) is 27.0. The number of hydrogen-bond acceptors (Lipinski definition) is 4. The molecule has 1 aromatic rings. The van der Waals surface area contributed by atoms with Crippen molar-refractivity contribution in [2.45, 2.75) is 25.8 Å². The predicted octanol–water partition coefficient (Wildman–Crippen LogP) is 2.36. The average Bonchev–Trinajstić information content (AvgIpc) is 2.66. The molecule has 2 heterocycles. The van der Waals surface area contributed by atoms with E-state index >= 15 is 0 Å². The quantitative estimate of drug-likeness (QED) is 0.870. The Hall–Kier alpha value is -0.320. The van der Waals surface area contributed by atoms with Crippen LogP contribution in [0.15, 0.2) is 5.38 Å². The van der Waals surface area contributed by atoms with Crippen LogP contribution in [-0.2, 0) is 0 Å². The average molecular weight is 246 g/mol. The second kappa shape index (κ2) is 4.68. The van der Waals surface area contributed by atoms with Gasteiger partial charge in [-0.05, 0) is 12.3 Å². The van der Waals surface area contributed by atoms with Gasteiger partial charge >= 0.3 is 0 Å². The van der Waals surface area contributed by atoms with Crippen LogP contribution < -0.4 is 10.6 Å². The van der Waals surface area contributed by atoms with Crippen LogP contribution in [0.25, 0.3) is 0 Å². The lowest BCUT2D eigenvalue weighted by atomic mass is 9.91. The third-order valence-electron chi connectivity index (χ3n) is 3.05. The van der Waals surface area contributed by atoms with E-state index in [1.54, 1.807) is 11.3 Å². The molecule has 2 unspecified atom stereocenters. The fourth-order valence-corrected chi connectivity index (χ4v) is 3.03. The van der Waals surface area contributed by atoms with E-state index in [2.05, 4.69) is 16.8 Å². The van der Waals surface area contributed by atoms with E-state index < -0.39 is 0 Å². The number of anilines is 1. The molecule has 2 atom stereocenters. The highest BCUT2D eigenvalue weighted by molar-refractivity contribution is 7.14. The molecule has 1 fully saturated rings. The van der Waals surface area contributed by atoms with Crippen LogP contribution in [0.4, 0.5) is 5.13 Å². The van der Waals surface area contributed by atoms with Crippen molar-refractivity contribution in [3.8, 4) is 0 Å². The number of rotatable bonds is 2. The maximum atomic E-state index is 6.07. The van der Waals surface area contributed by atoms with Crippen molar-refractivity contribution in [3.05, 3.63) is 10.5 Å². The maximum Gasteiger partial charge on any atom is 0.186 e. The minimum Gasteiger partial charge on any atom is -0.348 e. The molecule has 5 heteroatoms. The van der Waals surface area contributed by atoms with Crippen LogP contribution in [0.2, 0.25) is 5.15 Å². The molecule has 0 aliphatic carbocycles. The number of nitrogens with two attached hydrogens (primary N) is 1. The third kappa shape index (κ3) is 2.44. The molecule has 2 rings (SSSR count). The smallest absolute Gasteiger partial charge is 0.186 e. The predicted molar refractivity (Wildman–Crippen MR) is 65.7 cm³/mol. The Bertz CT molecular complexity index is 328. The summed E-state index contributed by atoms with van der Waals surface area (Å²) in [5.74, 6) is 0.585. The van der Waals surface area contributed by atoms with E-state index in [1.165, 1.54) is 0 Å². The Morgan fingerprint density at radius 1 is 1.73 bits per heavy atom. The molecule has 2 N–H and O–H groups in total. The zero-order valence-corrected chi connectivity index (χ0v) is 10.4. The lowest BCUT2D eigenvalue weighted by molar-refractivity contribution is 0.348. The van der Waals surface area contributed by atoms with Crippen LogP contribution in [0.5, 0.6) is 0 Å². The van der Waals surface area contributed by atoms with E-state index in [9.17, 15) is 0 Å². The lowest BCUT2D eigenvalue weighted by Crippen LogP contribution is -2.46. The van der Waals surface area contributed by atoms with Crippen molar-refractivity contribution in [3.63, 3.8) is 0 Å². The minimum absolute atomic E-state index is 0.349. The molecule has 84 valence electrons. The van der Waals surface area contributed by atoms with Gasteiger partial charge in [0, 0.05) is 24.5 Å². The fourth-order valence-electron chi connectivity index (χ4n) is 2.05. The molecular formula is C10H16ClN3S. The number of hydrogen-bond donors (Lipinski definition) is 1. The van der Waals surface area contributed by atoms with Gasteiger partial charge in [0.2, 0.25) is 0 Å². The molecule has 1 aliphatic heterocycles. The Morgan fingerprint density at radius 3 is 3.13 bits per heavy atom. The lowest BCUT2D eigenvalue weighted by Gasteiger charge is -2.36. The summed E-state index contributed by atoms with van der Waals surface area (Å²) in [5.41, 5.74) is 6.07. The molecule has 0 aromatic carbocycles. The summed E-state index contributed by atoms with van der Waals surface area (Å²) in [4.78, 5) is 6.60. The second-order valence-corrected chi connectivity index (χ2v) is 5.24. The van der Waals surface area contributed by atoms with Crippen molar-refractivity contribution >= 4 is 28.1 Å². The summed E-state index contributed by atoms with van der Waals surface area (Å²) in [6.07, 6.45) is 2.19. The Morgan fingerprint density at radius 2 is 2.53 bits per heavy atom. The third-order valence-corrected chi connectivity index (χ3v) is 4.28. The standard InChI is InChI=1S/C10H16ClN3S/c1-2-7-5-14(4-3-8(7)12)10-13-9(11)6-15-10/h6-8H,2-5,12H2,1H3. The molecule has 15 heavy (non-hydrogen) atoms. The molecule has 0 amide bonds. The van der Waals surface area contributed by atoms with Crippen molar-refractivity contribution in [1.29, 1.82) is 0 Å². The summed E-state index contributed by atoms with van der Waals surface area (Å²) >= 11 is 7.44. The van der Waals surface area contributed by atoms with Crippen molar-refractivity contribution < 1.29 is 0 Å². The van der Waals surface area contributed by atoms with Crippen LogP contribution in [-0.4, -0.2) is 24.1 Å². The van der Waals surface area contributed by atoms with Gasteiger partial charge in [0.25, 0.3) is 0 Å². The van der Waals surface area contributed by atoms with E-state index in [4.69, 9.17) is 17.3 Å². The second-order valence-electron chi connectivity index (χ2n) is 4.02. The monoisotopic (exact) mass is 245 g/mol. The number of thiazole rings is 1. The summed E-state index contributed by atoms with van der Waals surface area (Å²) in [6, 6.07) is 0.349. The summed E-state index contributed by atoms with van der Waals surface area (Å²) in [5, 5.41) is 3.51. The van der Waals surface area contributed by atoms with Crippen LogP contribution in [0.1, 0.15) is 19.8 Å². The topological polar surface area (TPSA) is 42.2 Å². The molecule has 0 radical (unpaired) electrons. The fraction of sp³-hybridized carbons (Fsp3) is 0.700. The van der Waals surface area contributed by atoms with Gasteiger partial charge in [0.1, 0.15) is 5.15 Å². The number of halogens is 1. The number of piperidine rings is 1. The van der Waals surface area contributed by atoms with Gasteiger partial charge in [-0.1, -0.05) is 24.9 Å². The molecule has 0 saturated carbocycles. The molecule has 1 aliphatic rings. The SMILES string of the molecule is CCC1CN(c2nc(Cl)cs2)CCC1N. The van der Waals surface area contributed by atoms with Gasteiger partial charge in [-0.15, -0.1) is 11.3 Å². The highest BCUT2D eigenvalue weighted by Gasteiger charge is 2.26. The zero-order chi connectivity index (χ0) is 10.8. The van der Waals surface area contributed by atoms with Gasteiger partial charge in [-0.3, -0.25) is 0 Å². The first kappa shape index (κ1) is 11.2. The maximum absolute atomic E-state index is 6.07. The number of aromatic nitrogens is 1. The summed E-state index contributed by atoms with van der Waals surface area (Å²) < 4.78 is 0. The van der Waals surface area contributed by atoms with Gasteiger partial charge < -0.3 is 10.6 Å². The first-order chi connectivity index (χ1) is 7.20. The molecule has 0 spiro atoms. The largest absolute Gasteiger partial charge is 0.348 e. The van der Waals surface area contributed by atoms with Crippen LogP contribution in [0.3, 0.4) is 0 Å². The molecule has 1 aromatic heterocycles. The van der Waals surface area contributed by atoms with E-state index in [1.807, 2.05) is 5.38 Å². The van der Waals surface area contributed by atoms with Gasteiger partial charge in [-0.25, -0.2) is 4.98 Å². The van der Waals surface area contributed by atoms with E-state index in [0.717, 1.165) is 31.1 Å². The first-order valence-corrected chi connectivity index (χ1v) is 6.58. The van der Waals surface area contributed by atoms with Crippen molar-refractivity contribution in [2.24, 2.45) is 11.7 Å². The van der Waals surface area contributed by atoms with Crippen LogP contribution >= 0.6 is 22.9 Å². The van der Waals surface area contributed by atoms with Crippen molar-refractivity contribution in [2.75, 3.05) is 18.0 Å². The van der Waals surface area contributed by atoms with Crippen molar-refractivity contribution in [1.82, 2.24) is 4.98 Å². The van der Waals surface area contributed by atoms with Gasteiger partial charge in [0.15, 0.2) is 5.13 Å².